The fourth-order valence-corrected chi connectivity index (χ4v) is 1.36. The molecule has 1 aromatic carbocycles. The average Bonchev–Trinajstić information content (AvgIpc) is 2.23. The minimum atomic E-state index is -0.528. The van der Waals surface area contributed by atoms with Crippen LogP contribution in [0.5, 0.6) is 5.75 Å². The van der Waals surface area contributed by atoms with E-state index in [1.165, 1.54) is 0 Å². The maximum Gasteiger partial charge on any atom is 0.312 e. The molecule has 0 spiro atoms. The molecule has 0 saturated heterocycles. The zero-order valence-electron chi connectivity index (χ0n) is 9.29. The monoisotopic (exact) mass is 223 g/mol. The first-order chi connectivity index (χ1) is 7.61. The highest BCUT2D eigenvalue weighted by Crippen LogP contribution is 2.20. The number of primary amides is 1. The smallest absolute Gasteiger partial charge is 0.312 e. The molecule has 0 bridgehead atoms. The molecule has 5 heteroatoms. The molecule has 0 aromatic heterocycles. The number of aromatic hydroxyl groups is 1. The first-order valence-electron chi connectivity index (χ1n) is 5.12. The van der Waals surface area contributed by atoms with Crippen LogP contribution in [-0.4, -0.2) is 24.2 Å². The summed E-state index contributed by atoms with van der Waals surface area (Å²) in [5.74, 6) is 0.317. The third kappa shape index (κ3) is 3.78. The van der Waals surface area contributed by atoms with E-state index in [2.05, 4.69) is 10.6 Å². The molecule has 0 aliphatic heterocycles. The number of nitrogens with two attached hydrogens (primary N) is 1. The van der Waals surface area contributed by atoms with Crippen LogP contribution in [-0.2, 0) is 6.54 Å². The van der Waals surface area contributed by atoms with Crippen molar-refractivity contribution in [3.63, 3.8) is 0 Å². The van der Waals surface area contributed by atoms with Crippen LogP contribution in [0.3, 0.4) is 0 Å². The van der Waals surface area contributed by atoms with Gasteiger partial charge in [0.05, 0.1) is 0 Å². The molecule has 0 heterocycles. The molecule has 0 saturated carbocycles. The summed E-state index contributed by atoms with van der Waals surface area (Å²) in [6.07, 6.45) is 0. The van der Waals surface area contributed by atoms with Gasteiger partial charge in [0, 0.05) is 25.2 Å². The summed E-state index contributed by atoms with van der Waals surface area (Å²) in [5, 5.41) is 15.3. The Bertz CT molecular complexity index is 366. The minimum Gasteiger partial charge on any atom is -0.507 e. The lowest BCUT2D eigenvalue weighted by atomic mass is 10.1. The van der Waals surface area contributed by atoms with Gasteiger partial charge in [-0.3, -0.25) is 0 Å². The lowest BCUT2D eigenvalue weighted by molar-refractivity contribution is 0.249. The summed E-state index contributed by atoms with van der Waals surface area (Å²) in [4.78, 5) is 10.4. The van der Waals surface area contributed by atoms with Crippen molar-refractivity contribution in [3.8, 4) is 5.75 Å². The Morgan fingerprint density at radius 3 is 2.88 bits per heavy atom. The van der Waals surface area contributed by atoms with Gasteiger partial charge in [-0.15, -0.1) is 0 Å². The molecule has 0 atom stereocenters. The maximum absolute atomic E-state index is 10.4. The van der Waals surface area contributed by atoms with E-state index in [1.54, 1.807) is 0 Å². The van der Waals surface area contributed by atoms with E-state index in [1.807, 2.05) is 25.1 Å². The first-order valence-corrected chi connectivity index (χ1v) is 5.12. The number of urea groups is 1. The third-order valence-electron chi connectivity index (χ3n) is 2.24. The standard InChI is InChI=1S/C11H17N3O2/c1-8-3-2-4-9(10(8)15)7-13-5-6-14-11(12)16/h2-4,13,15H,5-7H2,1H3,(H3,12,14,16). The molecule has 88 valence electrons. The predicted octanol–water partition coefficient (Wildman–Crippen LogP) is 0.459. The van der Waals surface area contributed by atoms with Gasteiger partial charge in [-0.05, 0) is 12.5 Å². The summed E-state index contributed by atoms with van der Waals surface area (Å²) in [6, 6.07) is 5.08. The van der Waals surface area contributed by atoms with Crippen LogP contribution in [0.4, 0.5) is 4.79 Å². The van der Waals surface area contributed by atoms with Gasteiger partial charge in [-0.25, -0.2) is 4.79 Å². The van der Waals surface area contributed by atoms with E-state index in [-0.39, 0.29) is 0 Å². The lowest BCUT2D eigenvalue weighted by Crippen LogP contribution is -2.35. The zero-order chi connectivity index (χ0) is 12.0. The predicted molar refractivity (Wildman–Crippen MR) is 62.1 cm³/mol. The Morgan fingerprint density at radius 1 is 1.44 bits per heavy atom. The fourth-order valence-electron chi connectivity index (χ4n) is 1.36. The van der Waals surface area contributed by atoms with E-state index >= 15 is 0 Å². The summed E-state index contributed by atoms with van der Waals surface area (Å²) in [5.41, 5.74) is 6.61. The Labute approximate surface area is 94.7 Å². The van der Waals surface area contributed by atoms with E-state index < -0.39 is 6.03 Å². The molecule has 2 amide bonds. The summed E-state index contributed by atoms with van der Waals surface area (Å²) >= 11 is 0. The highest BCUT2D eigenvalue weighted by atomic mass is 16.3. The van der Waals surface area contributed by atoms with E-state index in [4.69, 9.17) is 5.73 Å². The van der Waals surface area contributed by atoms with Crippen LogP contribution < -0.4 is 16.4 Å². The van der Waals surface area contributed by atoms with Gasteiger partial charge in [-0.2, -0.15) is 0 Å². The van der Waals surface area contributed by atoms with Gasteiger partial charge in [-0.1, -0.05) is 18.2 Å². The third-order valence-corrected chi connectivity index (χ3v) is 2.24. The normalized spacial score (nSPS) is 10.1. The molecular formula is C11H17N3O2. The molecule has 1 aromatic rings. The van der Waals surface area contributed by atoms with Crippen molar-refractivity contribution in [2.24, 2.45) is 5.73 Å². The number of hydrogen-bond acceptors (Lipinski definition) is 3. The minimum absolute atomic E-state index is 0.317. The van der Waals surface area contributed by atoms with Crippen LogP contribution in [0.25, 0.3) is 0 Å². The van der Waals surface area contributed by atoms with Crippen molar-refractivity contribution >= 4 is 6.03 Å². The second kappa shape index (κ2) is 5.97. The molecule has 0 aliphatic rings. The second-order valence-corrected chi connectivity index (χ2v) is 3.55. The summed E-state index contributed by atoms with van der Waals surface area (Å²) in [6.45, 7) is 3.50. The molecule has 0 fully saturated rings. The average molecular weight is 223 g/mol. The molecule has 16 heavy (non-hydrogen) atoms. The van der Waals surface area contributed by atoms with Crippen molar-refractivity contribution in [1.29, 1.82) is 0 Å². The highest BCUT2D eigenvalue weighted by Gasteiger charge is 2.02. The molecule has 0 aliphatic carbocycles. The number of carbonyl (C=O) groups excluding carboxylic acids is 1. The van der Waals surface area contributed by atoms with E-state index in [9.17, 15) is 9.90 Å². The van der Waals surface area contributed by atoms with Gasteiger partial charge in [0.1, 0.15) is 5.75 Å². The van der Waals surface area contributed by atoms with Gasteiger partial charge in [0.25, 0.3) is 0 Å². The Kier molecular flexibility index (Phi) is 4.60. The molecular weight excluding hydrogens is 206 g/mol. The Morgan fingerprint density at radius 2 is 2.19 bits per heavy atom. The zero-order valence-corrected chi connectivity index (χ0v) is 9.29. The van der Waals surface area contributed by atoms with Gasteiger partial charge < -0.3 is 21.5 Å². The van der Waals surface area contributed by atoms with E-state index in [0.717, 1.165) is 11.1 Å². The van der Waals surface area contributed by atoms with Crippen LogP contribution in [0.1, 0.15) is 11.1 Å². The fraction of sp³-hybridized carbons (Fsp3) is 0.364. The SMILES string of the molecule is Cc1cccc(CNCCNC(N)=O)c1O. The number of para-hydroxylation sites is 1. The summed E-state index contributed by atoms with van der Waals surface area (Å²) < 4.78 is 0. The number of amides is 2. The van der Waals surface area contributed by atoms with Crippen LogP contribution in [0.2, 0.25) is 0 Å². The number of phenols is 1. The number of carbonyl (C=O) groups is 1. The molecule has 1 rings (SSSR count). The largest absolute Gasteiger partial charge is 0.507 e. The van der Waals surface area contributed by atoms with Crippen molar-refractivity contribution in [1.82, 2.24) is 10.6 Å². The number of rotatable bonds is 5. The van der Waals surface area contributed by atoms with Crippen molar-refractivity contribution < 1.29 is 9.90 Å². The van der Waals surface area contributed by atoms with Crippen molar-refractivity contribution in [2.45, 2.75) is 13.5 Å². The van der Waals surface area contributed by atoms with Crippen molar-refractivity contribution in [3.05, 3.63) is 29.3 Å². The van der Waals surface area contributed by atoms with Gasteiger partial charge >= 0.3 is 6.03 Å². The Hall–Kier alpha value is -1.75. The van der Waals surface area contributed by atoms with Gasteiger partial charge in [0.15, 0.2) is 0 Å². The Balaban J connectivity index is 2.32. The molecule has 5 nitrogen and oxygen atoms in total. The van der Waals surface area contributed by atoms with Crippen molar-refractivity contribution in [2.75, 3.05) is 13.1 Å². The number of aryl methyl sites for hydroxylation is 1. The topological polar surface area (TPSA) is 87.4 Å². The quantitative estimate of drug-likeness (QED) is 0.547. The number of benzene rings is 1. The molecule has 5 N–H and O–H groups in total. The molecule has 0 unspecified atom stereocenters. The van der Waals surface area contributed by atoms with Gasteiger partial charge in [0.2, 0.25) is 0 Å². The number of phenolic OH excluding ortho intramolecular Hbond substituents is 1. The lowest BCUT2D eigenvalue weighted by Gasteiger charge is -2.08. The maximum atomic E-state index is 10.4. The van der Waals surface area contributed by atoms with Crippen LogP contribution in [0, 0.1) is 6.92 Å². The number of hydrogen-bond donors (Lipinski definition) is 4. The van der Waals surface area contributed by atoms with E-state index in [0.29, 0.717) is 25.4 Å². The van der Waals surface area contributed by atoms with Crippen LogP contribution >= 0.6 is 0 Å². The highest BCUT2D eigenvalue weighted by molar-refractivity contribution is 5.71. The summed E-state index contributed by atoms with van der Waals surface area (Å²) in [7, 11) is 0. The molecule has 0 radical (unpaired) electrons. The van der Waals surface area contributed by atoms with Crippen LogP contribution in [0.15, 0.2) is 18.2 Å². The number of nitrogens with one attached hydrogen (secondary N) is 2. The first kappa shape index (κ1) is 12.3. The second-order valence-electron chi connectivity index (χ2n) is 3.55.